The summed E-state index contributed by atoms with van der Waals surface area (Å²) in [5, 5.41) is 16.2. The lowest BCUT2D eigenvalue weighted by molar-refractivity contribution is -0.120. The summed E-state index contributed by atoms with van der Waals surface area (Å²) in [5.41, 5.74) is 3.25. The fraction of sp³-hybridized carbons (Fsp3) is 0.211. The standard InChI is InChI=1S/C19H20BrN3O5/c1-3-28-16-9-12(8-14(20)18(16)25)10-22-23-17(24)11-21-19(26)13-6-4-5-7-15(13)27-2/h4-10,25H,3,11H2,1-2H3,(H,21,26)(H,23,24). The van der Waals surface area contributed by atoms with Crippen LogP contribution in [0, 0.1) is 0 Å². The first-order valence-electron chi connectivity index (χ1n) is 8.34. The molecule has 0 atom stereocenters. The minimum absolute atomic E-state index is 0.0120. The molecule has 0 aliphatic rings. The fourth-order valence-corrected chi connectivity index (χ4v) is 2.70. The van der Waals surface area contributed by atoms with Gasteiger partial charge in [0.15, 0.2) is 11.5 Å². The smallest absolute Gasteiger partial charge is 0.259 e. The number of ether oxygens (including phenoxy) is 2. The maximum atomic E-state index is 12.1. The van der Waals surface area contributed by atoms with Crippen LogP contribution in [0.15, 0.2) is 46.0 Å². The number of hydrazone groups is 1. The molecule has 0 fully saturated rings. The zero-order valence-electron chi connectivity index (χ0n) is 15.4. The van der Waals surface area contributed by atoms with E-state index in [2.05, 4.69) is 31.8 Å². The lowest BCUT2D eigenvalue weighted by atomic mass is 10.2. The highest BCUT2D eigenvalue weighted by Crippen LogP contribution is 2.35. The van der Waals surface area contributed by atoms with Crippen LogP contribution in [0.4, 0.5) is 0 Å². The molecule has 2 aromatic rings. The molecule has 3 N–H and O–H groups in total. The van der Waals surface area contributed by atoms with Gasteiger partial charge in [-0.1, -0.05) is 12.1 Å². The first kappa shape index (κ1) is 21.2. The molecule has 0 aliphatic heterocycles. The van der Waals surface area contributed by atoms with Gasteiger partial charge in [0.2, 0.25) is 0 Å². The largest absolute Gasteiger partial charge is 0.503 e. The monoisotopic (exact) mass is 449 g/mol. The Hall–Kier alpha value is -3.07. The summed E-state index contributed by atoms with van der Waals surface area (Å²) in [5.74, 6) is -0.222. The number of hydrogen-bond donors (Lipinski definition) is 3. The average molecular weight is 450 g/mol. The van der Waals surface area contributed by atoms with Gasteiger partial charge in [-0.05, 0) is 52.7 Å². The van der Waals surface area contributed by atoms with Crippen molar-refractivity contribution < 1.29 is 24.2 Å². The fourth-order valence-electron chi connectivity index (χ4n) is 2.24. The Kier molecular flexibility index (Phi) is 7.82. The van der Waals surface area contributed by atoms with E-state index in [1.54, 1.807) is 43.3 Å². The van der Waals surface area contributed by atoms with E-state index in [0.29, 0.717) is 33.7 Å². The Morgan fingerprint density at radius 2 is 2.00 bits per heavy atom. The number of halogens is 1. The van der Waals surface area contributed by atoms with Gasteiger partial charge in [-0.3, -0.25) is 9.59 Å². The summed E-state index contributed by atoms with van der Waals surface area (Å²) < 4.78 is 10.9. The van der Waals surface area contributed by atoms with Crippen LogP contribution in [-0.2, 0) is 4.79 Å². The number of hydrogen-bond acceptors (Lipinski definition) is 6. The molecule has 148 valence electrons. The van der Waals surface area contributed by atoms with Crippen molar-refractivity contribution in [2.24, 2.45) is 5.10 Å². The molecule has 0 saturated carbocycles. The number of nitrogens with one attached hydrogen (secondary N) is 2. The number of carbonyl (C=O) groups excluding carboxylic acids is 2. The van der Waals surface area contributed by atoms with Crippen molar-refractivity contribution in [3.05, 3.63) is 52.0 Å². The summed E-state index contributed by atoms with van der Waals surface area (Å²) >= 11 is 3.23. The molecule has 0 unspecified atom stereocenters. The molecule has 0 bridgehead atoms. The minimum atomic E-state index is -0.498. The predicted molar refractivity (Wildman–Crippen MR) is 108 cm³/mol. The van der Waals surface area contributed by atoms with Gasteiger partial charge in [-0.15, -0.1) is 0 Å². The first-order chi connectivity index (χ1) is 13.5. The highest BCUT2D eigenvalue weighted by Gasteiger charge is 2.12. The topological polar surface area (TPSA) is 109 Å². The Morgan fingerprint density at radius 1 is 1.25 bits per heavy atom. The Bertz CT molecular complexity index is 886. The van der Waals surface area contributed by atoms with Gasteiger partial charge in [0.1, 0.15) is 5.75 Å². The normalized spacial score (nSPS) is 10.5. The van der Waals surface area contributed by atoms with Crippen molar-refractivity contribution in [3.63, 3.8) is 0 Å². The molecule has 0 saturated heterocycles. The van der Waals surface area contributed by atoms with Gasteiger partial charge < -0.3 is 19.9 Å². The molecule has 28 heavy (non-hydrogen) atoms. The maximum absolute atomic E-state index is 12.1. The summed E-state index contributed by atoms with van der Waals surface area (Å²) in [7, 11) is 1.46. The van der Waals surface area contributed by atoms with Crippen LogP contribution in [0.3, 0.4) is 0 Å². The van der Waals surface area contributed by atoms with Crippen LogP contribution < -0.4 is 20.2 Å². The molecule has 0 aliphatic carbocycles. The zero-order valence-corrected chi connectivity index (χ0v) is 16.9. The number of aromatic hydroxyl groups is 1. The highest BCUT2D eigenvalue weighted by molar-refractivity contribution is 9.10. The van der Waals surface area contributed by atoms with Gasteiger partial charge in [-0.2, -0.15) is 5.10 Å². The van der Waals surface area contributed by atoms with Crippen molar-refractivity contribution in [1.82, 2.24) is 10.7 Å². The summed E-state index contributed by atoms with van der Waals surface area (Å²) in [6.45, 7) is 1.94. The van der Waals surface area contributed by atoms with Crippen molar-refractivity contribution in [1.29, 1.82) is 0 Å². The number of amides is 2. The molecule has 2 amide bonds. The number of carbonyl (C=O) groups is 2. The molecule has 9 heteroatoms. The molecule has 0 aromatic heterocycles. The van der Waals surface area contributed by atoms with Crippen LogP contribution >= 0.6 is 15.9 Å². The number of rotatable bonds is 8. The molecule has 2 rings (SSSR count). The Balaban J connectivity index is 1.91. The van der Waals surface area contributed by atoms with E-state index in [9.17, 15) is 14.7 Å². The van der Waals surface area contributed by atoms with Gasteiger partial charge in [0, 0.05) is 0 Å². The maximum Gasteiger partial charge on any atom is 0.259 e. The zero-order chi connectivity index (χ0) is 20.5. The Morgan fingerprint density at radius 3 is 2.71 bits per heavy atom. The van der Waals surface area contributed by atoms with Crippen molar-refractivity contribution in [3.8, 4) is 17.2 Å². The molecule has 8 nitrogen and oxygen atoms in total. The molecular weight excluding hydrogens is 430 g/mol. The van der Waals surface area contributed by atoms with Crippen LogP contribution in [0.5, 0.6) is 17.2 Å². The van der Waals surface area contributed by atoms with E-state index in [1.165, 1.54) is 13.3 Å². The predicted octanol–water partition coefficient (Wildman–Crippen LogP) is 2.44. The number of nitrogens with zero attached hydrogens (tertiary/aromatic N) is 1. The molecule has 0 heterocycles. The van der Waals surface area contributed by atoms with E-state index >= 15 is 0 Å². The molecule has 0 spiro atoms. The molecular formula is C19H20BrN3O5. The Labute approximate surface area is 170 Å². The summed E-state index contributed by atoms with van der Waals surface area (Å²) in [6.07, 6.45) is 1.40. The van der Waals surface area contributed by atoms with Gasteiger partial charge in [-0.25, -0.2) is 5.43 Å². The third-order valence-corrected chi connectivity index (χ3v) is 4.12. The van der Waals surface area contributed by atoms with E-state index in [0.717, 1.165) is 0 Å². The second kappa shape index (κ2) is 10.3. The van der Waals surface area contributed by atoms with E-state index in [-0.39, 0.29) is 12.3 Å². The summed E-state index contributed by atoms with van der Waals surface area (Å²) in [6, 6.07) is 9.91. The third kappa shape index (κ3) is 5.71. The number of phenols is 1. The van der Waals surface area contributed by atoms with Crippen molar-refractivity contribution >= 4 is 34.0 Å². The second-order valence-electron chi connectivity index (χ2n) is 5.46. The van der Waals surface area contributed by atoms with Crippen molar-refractivity contribution in [2.75, 3.05) is 20.3 Å². The number of phenolic OH excluding ortho intramolecular Hbond substituents is 1. The van der Waals surface area contributed by atoms with Gasteiger partial charge in [0.25, 0.3) is 11.8 Å². The second-order valence-corrected chi connectivity index (χ2v) is 6.31. The summed E-state index contributed by atoms with van der Waals surface area (Å²) in [4.78, 5) is 24.0. The highest BCUT2D eigenvalue weighted by atomic mass is 79.9. The molecule has 0 radical (unpaired) electrons. The van der Waals surface area contributed by atoms with Gasteiger partial charge >= 0.3 is 0 Å². The minimum Gasteiger partial charge on any atom is -0.503 e. The van der Waals surface area contributed by atoms with E-state index < -0.39 is 11.8 Å². The van der Waals surface area contributed by atoms with Crippen LogP contribution in [-0.4, -0.2) is 43.4 Å². The van der Waals surface area contributed by atoms with Crippen molar-refractivity contribution in [2.45, 2.75) is 6.92 Å². The number of para-hydroxylation sites is 1. The number of benzene rings is 2. The van der Waals surface area contributed by atoms with E-state index in [1.807, 2.05) is 0 Å². The quantitative estimate of drug-likeness (QED) is 0.423. The van der Waals surface area contributed by atoms with E-state index in [4.69, 9.17) is 9.47 Å². The average Bonchev–Trinajstić information content (AvgIpc) is 2.70. The lowest BCUT2D eigenvalue weighted by Gasteiger charge is -2.09. The SMILES string of the molecule is CCOc1cc(C=NNC(=O)CNC(=O)c2ccccc2OC)cc(Br)c1O. The first-order valence-corrected chi connectivity index (χ1v) is 9.14. The number of methoxy groups -OCH3 is 1. The lowest BCUT2D eigenvalue weighted by Crippen LogP contribution is -2.35. The van der Waals surface area contributed by atoms with Crippen LogP contribution in [0.2, 0.25) is 0 Å². The van der Waals surface area contributed by atoms with Crippen LogP contribution in [0.25, 0.3) is 0 Å². The van der Waals surface area contributed by atoms with Crippen LogP contribution in [0.1, 0.15) is 22.8 Å². The molecule has 2 aromatic carbocycles. The van der Waals surface area contributed by atoms with Gasteiger partial charge in [0.05, 0.1) is 36.5 Å². The third-order valence-electron chi connectivity index (χ3n) is 3.51.